The van der Waals surface area contributed by atoms with Crippen LogP contribution in [-0.2, 0) is 13.6 Å². The number of aromatic nitrogens is 2. The highest BCUT2D eigenvalue weighted by Gasteiger charge is 2.15. The molecular formula is C23H28N8S. The van der Waals surface area contributed by atoms with Crippen molar-refractivity contribution in [2.75, 3.05) is 13.1 Å². The summed E-state index contributed by atoms with van der Waals surface area (Å²) in [5.41, 5.74) is 16.1. The number of benzene rings is 1. The van der Waals surface area contributed by atoms with Crippen molar-refractivity contribution in [2.24, 2.45) is 28.5 Å². The normalized spacial score (nSPS) is 12.9. The van der Waals surface area contributed by atoms with E-state index in [2.05, 4.69) is 22.6 Å². The second kappa shape index (κ2) is 11.3. The van der Waals surface area contributed by atoms with Crippen LogP contribution in [0.2, 0.25) is 0 Å². The minimum atomic E-state index is 0.274. The molecule has 0 bridgehead atoms. The third kappa shape index (κ3) is 6.07. The van der Waals surface area contributed by atoms with Crippen LogP contribution < -0.4 is 22.3 Å². The Hall–Kier alpha value is -3.40. The van der Waals surface area contributed by atoms with Crippen LogP contribution >= 0.6 is 11.3 Å². The zero-order valence-electron chi connectivity index (χ0n) is 18.2. The van der Waals surface area contributed by atoms with Crippen LogP contribution in [0.3, 0.4) is 0 Å². The number of rotatable bonds is 9. The first-order valence-electron chi connectivity index (χ1n) is 10.2. The summed E-state index contributed by atoms with van der Waals surface area (Å²) >= 11 is 1.43. The summed E-state index contributed by atoms with van der Waals surface area (Å²) in [4.78, 5) is 14.2. The molecule has 166 valence electrons. The molecule has 0 unspecified atom stereocenters. The highest BCUT2D eigenvalue weighted by Crippen LogP contribution is 2.29. The standard InChI is InChI=1S/C23H28N8S/c1-16(29-19-9-8-17(14-31(19)2)13-27-11-10-24)12-20-30-21(18-6-4-3-5-7-18)22(32-20)23(26)28-15-25/h3-9,12,14-15,27H,10-11,13,24H2,1-2H3,(H3,25,26,28)/b16-12+,29-19?. The van der Waals surface area contributed by atoms with Gasteiger partial charge in [0.15, 0.2) is 0 Å². The van der Waals surface area contributed by atoms with Gasteiger partial charge in [-0.2, -0.15) is 0 Å². The molecule has 8 nitrogen and oxygen atoms in total. The van der Waals surface area contributed by atoms with E-state index in [9.17, 15) is 0 Å². The molecule has 0 saturated carbocycles. The molecule has 0 fully saturated rings. The summed E-state index contributed by atoms with van der Waals surface area (Å²) in [6.07, 6.45) is 4.92. The molecule has 32 heavy (non-hydrogen) atoms. The lowest BCUT2D eigenvalue weighted by Crippen LogP contribution is -2.23. The van der Waals surface area contributed by atoms with Crippen molar-refractivity contribution in [1.29, 1.82) is 5.41 Å². The van der Waals surface area contributed by atoms with Gasteiger partial charge >= 0.3 is 0 Å². The first-order valence-corrected chi connectivity index (χ1v) is 11.0. The Bertz CT molecular complexity index is 1190. The van der Waals surface area contributed by atoms with Crippen LogP contribution in [0, 0.1) is 5.41 Å². The van der Waals surface area contributed by atoms with Crippen molar-refractivity contribution in [2.45, 2.75) is 13.5 Å². The second-order valence-corrected chi connectivity index (χ2v) is 8.14. The minimum Gasteiger partial charge on any atom is -0.382 e. The fourth-order valence-corrected chi connectivity index (χ4v) is 4.09. The molecule has 0 aliphatic rings. The van der Waals surface area contributed by atoms with Crippen molar-refractivity contribution in [3.05, 3.63) is 75.3 Å². The van der Waals surface area contributed by atoms with E-state index in [1.165, 1.54) is 16.9 Å². The van der Waals surface area contributed by atoms with Gasteiger partial charge in [-0.15, -0.1) is 11.3 Å². The number of aliphatic imine (C=N–C) groups is 1. The molecule has 0 atom stereocenters. The van der Waals surface area contributed by atoms with Crippen molar-refractivity contribution in [3.8, 4) is 11.3 Å². The zero-order chi connectivity index (χ0) is 22.9. The number of nitrogens with two attached hydrogens (primary N) is 2. The van der Waals surface area contributed by atoms with Gasteiger partial charge in [0.05, 0.1) is 10.6 Å². The van der Waals surface area contributed by atoms with Crippen LogP contribution in [0.25, 0.3) is 17.3 Å². The number of hydrogen-bond acceptors (Lipinski definition) is 6. The summed E-state index contributed by atoms with van der Waals surface area (Å²) in [7, 11) is 1.97. The molecule has 1 aromatic carbocycles. The summed E-state index contributed by atoms with van der Waals surface area (Å²) < 4.78 is 1.99. The molecule has 3 aromatic rings. The number of hydrogen-bond donors (Lipinski definition) is 4. The highest BCUT2D eigenvalue weighted by atomic mass is 32.1. The van der Waals surface area contributed by atoms with E-state index in [0.29, 0.717) is 6.54 Å². The fourth-order valence-electron chi connectivity index (χ4n) is 3.10. The number of amidine groups is 1. The van der Waals surface area contributed by atoms with Crippen LogP contribution in [0.5, 0.6) is 0 Å². The van der Waals surface area contributed by atoms with E-state index < -0.39 is 0 Å². The van der Waals surface area contributed by atoms with Gasteiger partial charge in [-0.3, -0.25) is 5.41 Å². The van der Waals surface area contributed by atoms with Gasteiger partial charge in [-0.05, 0) is 24.6 Å². The molecule has 2 heterocycles. The van der Waals surface area contributed by atoms with Crippen LogP contribution in [0.15, 0.2) is 64.3 Å². The van der Waals surface area contributed by atoms with E-state index in [0.717, 1.165) is 51.8 Å². The van der Waals surface area contributed by atoms with Crippen LogP contribution in [0.4, 0.5) is 0 Å². The maximum atomic E-state index is 7.24. The molecule has 0 spiro atoms. The molecule has 0 radical (unpaired) electrons. The SMILES string of the molecule is C/C(=C\c1nc(-c2ccccc2)c(C(N)=NC=N)s1)N=c1ccc(CNCCN)cn1C. The largest absolute Gasteiger partial charge is 0.382 e. The maximum absolute atomic E-state index is 7.24. The van der Waals surface area contributed by atoms with E-state index >= 15 is 0 Å². The summed E-state index contributed by atoms with van der Waals surface area (Å²) in [5.74, 6) is 0.274. The Morgan fingerprint density at radius 3 is 2.72 bits per heavy atom. The number of nitrogens with zero attached hydrogens (tertiary/aromatic N) is 4. The average molecular weight is 449 g/mol. The molecular weight excluding hydrogens is 420 g/mol. The van der Waals surface area contributed by atoms with Crippen molar-refractivity contribution in [3.63, 3.8) is 0 Å². The zero-order valence-corrected chi connectivity index (χ0v) is 19.1. The molecule has 0 saturated heterocycles. The molecule has 6 N–H and O–H groups in total. The minimum absolute atomic E-state index is 0.274. The van der Waals surface area contributed by atoms with Gasteiger partial charge in [0.2, 0.25) is 0 Å². The number of aryl methyl sites for hydroxylation is 1. The number of allylic oxidation sites excluding steroid dienone is 1. The summed E-state index contributed by atoms with van der Waals surface area (Å²) in [5, 5.41) is 11.3. The smallest absolute Gasteiger partial charge is 0.144 e. The first-order chi connectivity index (χ1) is 15.5. The van der Waals surface area contributed by atoms with E-state index in [4.69, 9.17) is 26.9 Å². The lowest BCUT2D eigenvalue weighted by atomic mass is 10.1. The maximum Gasteiger partial charge on any atom is 0.144 e. The monoisotopic (exact) mass is 448 g/mol. The highest BCUT2D eigenvalue weighted by molar-refractivity contribution is 7.15. The van der Waals surface area contributed by atoms with E-state index in [1.54, 1.807) is 0 Å². The second-order valence-electron chi connectivity index (χ2n) is 7.11. The topological polar surface area (TPSA) is 130 Å². The molecule has 0 aliphatic heterocycles. The van der Waals surface area contributed by atoms with Crippen molar-refractivity contribution in [1.82, 2.24) is 14.9 Å². The third-order valence-corrected chi connectivity index (χ3v) is 5.59. The lowest BCUT2D eigenvalue weighted by Gasteiger charge is -2.06. The van der Waals surface area contributed by atoms with Gasteiger partial charge in [0, 0.05) is 44.1 Å². The van der Waals surface area contributed by atoms with Gasteiger partial charge in [0.1, 0.15) is 22.7 Å². The van der Waals surface area contributed by atoms with Gasteiger partial charge in [-0.25, -0.2) is 15.0 Å². The molecule has 2 aromatic heterocycles. The average Bonchev–Trinajstić information content (AvgIpc) is 3.20. The van der Waals surface area contributed by atoms with E-state index in [1.807, 2.05) is 61.0 Å². The first kappa shape index (κ1) is 23.3. The van der Waals surface area contributed by atoms with Gasteiger partial charge < -0.3 is 21.4 Å². The predicted molar refractivity (Wildman–Crippen MR) is 132 cm³/mol. The van der Waals surface area contributed by atoms with Crippen molar-refractivity contribution < 1.29 is 0 Å². The summed E-state index contributed by atoms with van der Waals surface area (Å²) in [6, 6.07) is 13.9. The Morgan fingerprint density at radius 2 is 2.03 bits per heavy atom. The molecule has 9 heteroatoms. The Balaban J connectivity index is 1.92. The number of thiazole rings is 1. The number of nitrogens with one attached hydrogen (secondary N) is 2. The Labute approximate surface area is 191 Å². The van der Waals surface area contributed by atoms with Gasteiger partial charge in [-0.1, -0.05) is 36.4 Å². The Kier molecular flexibility index (Phi) is 8.20. The molecule has 0 amide bonds. The number of pyridine rings is 1. The Morgan fingerprint density at radius 1 is 1.25 bits per heavy atom. The van der Waals surface area contributed by atoms with E-state index in [-0.39, 0.29) is 5.84 Å². The molecule has 3 rings (SSSR count). The molecule has 0 aliphatic carbocycles. The fraction of sp³-hybridized carbons (Fsp3) is 0.217. The lowest BCUT2D eigenvalue weighted by molar-refractivity contribution is 0.684. The third-order valence-electron chi connectivity index (χ3n) is 4.57. The quantitative estimate of drug-likeness (QED) is 0.227. The predicted octanol–water partition coefficient (Wildman–Crippen LogP) is 2.47. The van der Waals surface area contributed by atoms with Crippen LogP contribution in [-0.4, -0.2) is 34.8 Å². The van der Waals surface area contributed by atoms with Crippen LogP contribution in [0.1, 0.15) is 22.4 Å². The van der Waals surface area contributed by atoms with Gasteiger partial charge in [0.25, 0.3) is 0 Å². The summed E-state index contributed by atoms with van der Waals surface area (Å²) in [6.45, 7) is 4.11. The van der Waals surface area contributed by atoms with Crippen molar-refractivity contribution >= 4 is 29.6 Å².